The summed E-state index contributed by atoms with van der Waals surface area (Å²) < 4.78 is 2.43. The van der Waals surface area contributed by atoms with Gasteiger partial charge in [0, 0.05) is 16.4 Å². The Bertz CT molecular complexity index is 699. The van der Waals surface area contributed by atoms with Crippen LogP contribution in [-0.4, -0.2) is 4.57 Å². The molecule has 18 heavy (non-hydrogen) atoms. The number of thiol groups is 1. The number of hydrogen-bond acceptors (Lipinski definition) is 3. The second-order valence-electron chi connectivity index (χ2n) is 3.77. The maximum atomic E-state index is 12.0. The third-order valence-electron chi connectivity index (χ3n) is 2.66. The van der Waals surface area contributed by atoms with Crippen molar-refractivity contribution >= 4 is 28.6 Å². The van der Waals surface area contributed by atoms with Crippen LogP contribution in [0.2, 0.25) is 0 Å². The van der Waals surface area contributed by atoms with Gasteiger partial charge in [0.1, 0.15) is 11.6 Å². The molecule has 3 nitrogen and oxygen atoms in total. The first-order valence-electron chi connectivity index (χ1n) is 5.13. The highest BCUT2D eigenvalue weighted by Crippen LogP contribution is 2.23. The monoisotopic (exact) mass is 320 g/mol. The molecule has 90 valence electrons. The molecule has 0 aliphatic carbocycles. The van der Waals surface area contributed by atoms with Crippen molar-refractivity contribution in [3.63, 3.8) is 0 Å². The molecule has 1 aromatic heterocycles. The number of nitriles is 1. The first-order chi connectivity index (χ1) is 8.54. The summed E-state index contributed by atoms with van der Waals surface area (Å²) in [6.07, 6.45) is 0. The molecule has 0 unspecified atom stereocenters. The lowest BCUT2D eigenvalue weighted by molar-refractivity contribution is 0.854. The van der Waals surface area contributed by atoms with Gasteiger partial charge in [0.2, 0.25) is 0 Å². The molecule has 0 saturated heterocycles. The van der Waals surface area contributed by atoms with Crippen LogP contribution in [0.4, 0.5) is 0 Å². The number of pyridine rings is 1. The van der Waals surface area contributed by atoms with Crippen LogP contribution in [0.5, 0.6) is 0 Å². The summed E-state index contributed by atoms with van der Waals surface area (Å²) in [6.45, 7) is 0. The van der Waals surface area contributed by atoms with Gasteiger partial charge in [0.25, 0.3) is 5.56 Å². The molecule has 0 aliphatic heterocycles. The Hall–Kier alpha value is -1.51. The highest BCUT2D eigenvalue weighted by molar-refractivity contribution is 9.10. The lowest BCUT2D eigenvalue weighted by Crippen LogP contribution is -2.21. The van der Waals surface area contributed by atoms with Gasteiger partial charge in [-0.1, -0.05) is 28.1 Å². The number of benzene rings is 1. The molecule has 2 rings (SSSR count). The van der Waals surface area contributed by atoms with Gasteiger partial charge in [-0.25, -0.2) is 0 Å². The van der Waals surface area contributed by atoms with Crippen LogP contribution in [-0.2, 0) is 7.05 Å². The first kappa shape index (κ1) is 12.9. The summed E-state index contributed by atoms with van der Waals surface area (Å²) in [5.41, 5.74) is 1.37. The predicted octanol–water partition coefficient (Wildman–Crippen LogP) is 2.98. The van der Waals surface area contributed by atoms with Crippen molar-refractivity contribution in [2.45, 2.75) is 4.90 Å². The van der Waals surface area contributed by atoms with Gasteiger partial charge < -0.3 is 4.57 Å². The fourth-order valence-electron chi connectivity index (χ4n) is 1.69. The van der Waals surface area contributed by atoms with E-state index >= 15 is 0 Å². The van der Waals surface area contributed by atoms with E-state index in [4.69, 9.17) is 5.26 Å². The zero-order valence-corrected chi connectivity index (χ0v) is 12.0. The van der Waals surface area contributed by atoms with Crippen LogP contribution in [0, 0.1) is 11.3 Å². The largest absolute Gasteiger partial charge is 0.310 e. The van der Waals surface area contributed by atoms with E-state index in [0.29, 0.717) is 4.90 Å². The maximum Gasteiger partial charge on any atom is 0.269 e. The Labute approximate surface area is 118 Å². The minimum absolute atomic E-state index is 0.0710. The van der Waals surface area contributed by atoms with Gasteiger partial charge in [0.05, 0.1) is 5.69 Å². The standard InChI is InChI=1S/C13H9BrN2OS/c1-16-11(8-2-4-9(14)5-3-8)6-12(18)10(7-15)13(16)17/h2-6,18H,1H3. The first-order valence-corrected chi connectivity index (χ1v) is 6.37. The van der Waals surface area contributed by atoms with Crippen molar-refractivity contribution in [1.29, 1.82) is 5.26 Å². The van der Waals surface area contributed by atoms with Gasteiger partial charge in [-0.2, -0.15) is 5.26 Å². The predicted molar refractivity (Wildman–Crippen MR) is 76.8 cm³/mol. The fourth-order valence-corrected chi connectivity index (χ4v) is 2.22. The van der Waals surface area contributed by atoms with Crippen LogP contribution < -0.4 is 5.56 Å². The lowest BCUT2D eigenvalue weighted by Gasteiger charge is -2.10. The molecular formula is C13H9BrN2OS. The fraction of sp³-hybridized carbons (Fsp3) is 0.0769. The SMILES string of the molecule is Cn1c(-c2ccc(Br)cc2)cc(S)c(C#N)c1=O. The number of halogens is 1. The van der Waals surface area contributed by atoms with Gasteiger partial charge >= 0.3 is 0 Å². The number of rotatable bonds is 1. The number of hydrogen-bond donors (Lipinski definition) is 1. The van der Waals surface area contributed by atoms with Crippen molar-refractivity contribution in [3.05, 3.63) is 50.7 Å². The average Bonchev–Trinajstić information content (AvgIpc) is 2.36. The molecule has 0 bridgehead atoms. The molecule has 0 N–H and O–H groups in total. The summed E-state index contributed by atoms with van der Waals surface area (Å²) in [5, 5.41) is 8.90. The molecule has 0 radical (unpaired) electrons. The van der Waals surface area contributed by atoms with Crippen LogP contribution in [0.15, 0.2) is 44.5 Å². The van der Waals surface area contributed by atoms with E-state index in [-0.39, 0.29) is 11.1 Å². The Kier molecular flexibility index (Phi) is 3.60. The van der Waals surface area contributed by atoms with E-state index in [0.717, 1.165) is 15.7 Å². The summed E-state index contributed by atoms with van der Waals surface area (Å²) >= 11 is 7.55. The molecule has 1 aromatic carbocycles. The minimum Gasteiger partial charge on any atom is -0.310 e. The van der Waals surface area contributed by atoms with Crippen LogP contribution >= 0.6 is 28.6 Å². The Morgan fingerprint density at radius 2 is 1.94 bits per heavy atom. The molecule has 5 heteroatoms. The van der Waals surface area contributed by atoms with Gasteiger partial charge in [-0.05, 0) is 23.8 Å². The average molecular weight is 321 g/mol. The number of aromatic nitrogens is 1. The maximum absolute atomic E-state index is 12.0. The van der Waals surface area contributed by atoms with E-state index in [1.807, 2.05) is 30.3 Å². The molecule has 0 saturated carbocycles. The molecule has 1 heterocycles. The van der Waals surface area contributed by atoms with Crippen molar-refractivity contribution in [1.82, 2.24) is 4.57 Å². The second kappa shape index (κ2) is 5.01. The van der Waals surface area contributed by atoms with Crippen LogP contribution in [0.1, 0.15) is 5.56 Å². The molecule has 0 aliphatic rings. The van der Waals surface area contributed by atoms with E-state index in [9.17, 15) is 4.79 Å². The molecule has 0 atom stereocenters. The molecular weight excluding hydrogens is 312 g/mol. The molecule has 2 aromatic rings. The Morgan fingerprint density at radius 3 is 2.50 bits per heavy atom. The minimum atomic E-state index is -0.331. The van der Waals surface area contributed by atoms with Crippen LogP contribution in [0.25, 0.3) is 11.3 Å². The van der Waals surface area contributed by atoms with Crippen LogP contribution in [0.3, 0.4) is 0 Å². The quantitative estimate of drug-likeness (QED) is 0.821. The topological polar surface area (TPSA) is 45.8 Å². The third-order valence-corrected chi connectivity index (χ3v) is 3.54. The van der Waals surface area contributed by atoms with Crippen molar-refractivity contribution in [3.8, 4) is 17.3 Å². The van der Waals surface area contributed by atoms with Gasteiger partial charge in [-0.3, -0.25) is 4.79 Å². The third kappa shape index (κ3) is 2.22. The van der Waals surface area contributed by atoms with E-state index in [2.05, 4.69) is 28.6 Å². The van der Waals surface area contributed by atoms with Crippen molar-refractivity contribution in [2.24, 2.45) is 7.05 Å². The Balaban J connectivity index is 2.71. The molecule has 0 amide bonds. The molecule has 0 fully saturated rings. The van der Waals surface area contributed by atoms with E-state index in [1.165, 1.54) is 4.57 Å². The number of nitrogens with zero attached hydrogens (tertiary/aromatic N) is 2. The van der Waals surface area contributed by atoms with Crippen molar-refractivity contribution < 1.29 is 0 Å². The van der Waals surface area contributed by atoms with E-state index in [1.54, 1.807) is 13.1 Å². The second-order valence-corrected chi connectivity index (χ2v) is 5.17. The van der Waals surface area contributed by atoms with Crippen molar-refractivity contribution in [2.75, 3.05) is 0 Å². The Morgan fingerprint density at radius 1 is 1.33 bits per heavy atom. The highest BCUT2D eigenvalue weighted by atomic mass is 79.9. The van der Waals surface area contributed by atoms with Gasteiger partial charge in [0.15, 0.2) is 0 Å². The summed E-state index contributed by atoms with van der Waals surface area (Å²) in [6, 6.07) is 11.2. The van der Waals surface area contributed by atoms with Gasteiger partial charge in [-0.15, -0.1) is 12.6 Å². The summed E-state index contributed by atoms with van der Waals surface area (Å²) in [7, 11) is 1.65. The normalized spacial score (nSPS) is 10.1. The lowest BCUT2D eigenvalue weighted by atomic mass is 10.1. The zero-order chi connectivity index (χ0) is 13.3. The summed E-state index contributed by atoms with van der Waals surface area (Å²) in [5.74, 6) is 0. The van der Waals surface area contributed by atoms with E-state index < -0.39 is 0 Å². The molecule has 0 spiro atoms. The highest BCUT2D eigenvalue weighted by Gasteiger charge is 2.11. The smallest absolute Gasteiger partial charge is 0.269 e. The zero-order valence-electron chi connectivity index (χ0n) is 9.51. The summed E-state index contributed by atoms with van der Waals surface area (Å²) in [4.78, 5) is 12.4.